The Morgan fingerprint density at radius 3 is 2.04 bits per heavy atom. The molecule has 0 atom stereocenters. The molecule has 0 spiro atoms. The summed E-state index contributed by atoms with van der Waals surface area (Å²) in [7, 11) is 3.33. The van der Waals surface area contributed by atoms with Gasteiger partial charge in [-0.1, -0.05) is 72.8 Å². The van der Waals surface area contributed by atoms with E-state index in [-0.39, 0.29) is 0 Å². The summed E-state index contributed by atoms with van der Waals surface area (Å²) in [6.45, 7) is 0. The maximum Gasteiger partial charge on any atom is 0.123 e. The van der Waals surface area contributed by atoms with E-state index in [4.69, 9.17) is 9.47 Å². The molecule has 0 unspecified atom stereocenters. The first-order valence-corrected chi connectivity index (χ1v) is 9.26. The molecule has 0 amide bonds. The lowest BCUT2D eigenvalue weighted by Gasteiger charge is -2.09. The highest BCUT2D eigenvalue weighted by Gasteiger charge is 2.04. The van der Waals surface area contributed by atoms with Crippen molar-refractivity contribution in [3.05, 3.63) is 96.1 Å². The highest BCUT2D eigenvalue weighted by atomic mass is 16.5. The second-order valence-corrected chi connectivity index (χ2v) is 6.63. The molecular weight excluding hydrogens is 344 g/mol. The number of ether oxygens (including phenoxy) is 2. The Morgan fingerprint density at radius 2 is 1.29 bits per heavy atom. The van der Waals surface area contributed by atoms with Gasteiger partial charge in [0.15, 0.2) is 0 Å². The highest BCUT2D eigenvalue weighted by Crippen LogP contribution is 2.29. The van der Waals surface area contributed by atoms with Gasteiger partial charge in [0, 0.05) is 6.07 Å². The number of hydrogen-bond acceptors (Lipinski definition) is 2. The highest BCUT2D eigenvalue weighted by molar-refractivity contribution is 5.89. The van der Waals surface area contributed by atoms with E-state index in [0.717, 1.165) is 17.1 Å². The molecule has 138 valence electrons. The van der Waals surface area contributed by atoms with Crippen LogP contribution < -0.4 is 9.47 Å². The summed E-state index contributed by atoms with van der Waals surface area (Å²) in [5, 5.41) is 2.50. The maximum atomic E-state index is 5.37. The molecule has 0 aliphatic rings. The second kappa shape index (κ2) is 8.01. The summed E-state index contributed by atoms with van der Waals surface area (Å²) >= 11 is 0. The van der Waals surface area contributed by atoms with Crippen molar-refractivity contribution in [1.82, 2.24) is 0 Å². The number of hydrogen-bond donors (Lipinski definition) is 0. The quantitative estimate of drug-likeness (QED) is 0.366. The first-order chi connectivity index (χ1) is 13.8. The predicted octanol–water partition coefficient (Wildman–Crippen LogP) is 6.69. The molecular formula is C26H22O2. The van der Waals surface area contributed by atoms with E-state index in [1.165, 1.54) is 27.5 Å². The molecule has 28 heavy (non-hydrogen) atoms. The van der Waals surface area contributed by atoms with Crippen LogP contribution in [0.4, 0.5) is 0 Å². The zero-order valence-corrected chi connectivity index (χ0v) is 16.1. The zero-order chi connectivity index (χ0) is 19.3. The fourth-order valence-corrected chi connectivity index (χ4v) is 3.37. The van der Waals surface area contributed by atoms with E-state index in [0.29, 0.717) is 0 Å². The van der Waals surface area contributed by atoms with E-state index in [1.807, 2.05) is 18.2 Å². The van der Waals surface area contributed by atoms with Crippen LogP contribution in [0.3, 0.4) is 0 Å². The average Bonchev–Trinajstić information content (AvgIpc) is 2.77. The van der Waals surface area contributed by atoms with E-state index < -0.39 is 0 Å². The van der Waals surface area contributed by atoms with Crippen LogP contribution >= 0.6 is 0 Å². The van der Waals surface area contributed by atoms with Crippen LogP contribution in [0.5, 0.6) is 11.5 Å². The summed E-state index contributed by atoms with van der Waals surface area (Å²) in [6.07, 6.45) is 4.23. The van der Waals surface area contributed by atoms with Crippen molar-refractivity contribution in [2.45, 2.75) is 0 Å². The van der Waals surface area contributed by atoms with Crippen LogP contribution in [-0.4, -0.2) is 14.2 Å². The summed E-state index contributed by atoms with van der Waals surface area (Å²) in [4.78, 5) is 0. The number of benzene rings is 4. The van der Waals surface area contributed by atoms with Gasteiger partial charge in [-0.15, -0.1) is 0 Å². The third kappa shape index (κ3) is 3.77. The van der Waals surface area contributed by atoms with Gasteiger partial charge in [0.05, 0.1) is 14.2 Å². The standard InChI is InChI=1S/C26H22O2/c1-27-24-15-19(16-25(18-24)28-2)11-12-21-8-5-6-10-26(21)23-14-13-20-7-3-4-9-22(20)17-23/h3-18H,1-2H3/b12-11+. The Kier molecular flexibility index (Phi) is 5.11. The Balaban J connectivity index is 1.72. The molecule has 0 saturated carbocycles. The lowest BCUT2D eigenvalue weighted by Crippen LogP contribution is -1.88. The fourth-order valence-electron chi connectivity index (χ4n) is 3.37. The minimum atomic E-state index is 0.779. The van der Waals surface area contributed by atoms with E-state index in [2.05, 4.69) is 78.9 Å². The molecule has 0 fully saturated rings. The molecule has 0 N–H and O–H groups in total. The third-order valence-corrected chi connectivity index (χ3v) is 4.85. The van der Waals surface area contributed by atoms with E-state index in [9.17, 15) is 0 Å². The molecule has 0 aliphatic carbocycles. The second-order valence-electron chi connectivity index (χ2n) is 6.63. The van der Waals surface area contributed by atoms with E-state index >= 15 is 0 Å². The maximum absolute atomic E-state index is 5.37. The largest absolute Gasteiger partial charge is 0.497 e. The number of fused-ring (bicyclic) bond motifs is 1. The topological polar surface area (TPSA) is 18.5 Å². The number of rotatable bonds is 5. The van der Waals surface area contributed by atoms with Crippen molar-refractivity contribution in [2.75, 3.05) is 14.2 Å². The van der Waals surface area contributed by atoms with Gasteiger partial charge < -0.3 is 9.47 Å². The molecule has 4 aromatic rings. The Hall–Kier alpha value is -3.52. The van der Waals surface area contributed by atoms with Gasteiger partial charge in [-0.3, -0.25) is 0 Å². The van der Waals surface area contributed by atoms with Crippen LogP contribution in [0.25, 0.3) is 34.1 Å². The van der Waals surface area contributed by atoms with Gasteiger partial charge in [-0.2, -0.15) is 0 Å². The van der Waals surface area contributed by atoms with Crippen molar-refractivity contribution in [2.24, 2.45) is 0 Å². The predicted molar refractivity (Wildman–Crippen MR) is 118 cm³/mol. The van der Waals surface area contributed by atoms with Crippen LogP contribution in [0.2, 0.25) is 0 Å². The van der Waals surface area contributed by atoms with Crippen molar-refractivity contribution in [1.29, 1.82) is 0 Å². The summed E-state index contributed by atoms with van der Waals surface area (Å²) in [5.74, 6) is 1.56. The molecule has 0 radical (unpaired) electrons. The summed E-state index contributed by atoms with van der Waals surface area (Å²) in [5.41, 5.74) is 4.62. The van der Waals surface area contributed by atoms with Gasteiger partial charge in [-0.05, 0) is 51.2 Å². The molecule has 2 heteroatoms. The Bertz CT molecular complexity index is 1120. The van der Waals surface area contributed by atoms with Crippen LogP contribution in [0, 0.1) is 0 Å². The zero-order valence-electron chi connectivity index (χ0n) is 16.1. The smallest absolute Gasteiger partial charge is 0.123 e. The van der Waals surface area contributed by atoms with Gasteiger partial charge in [-0.25, -0.2) is 0 Å². The van der Waals surface area contributed by atoms with Crippen molar-refractivity contribution in [3.8, 4) is 22.6 Å². The third-order valence-electron chi connectivity index (χ3n) is 4.85. The molecule has 0 saturated heterocycles. The van der Waals surface area contributed by atoms with Gasteiger partial charge >= 0.3 is 0 Å². The summed E-state index contributed by atoms with van der Waals surface area (Å²) < 4.78 is 10.7. The Morgan fingerprint density at radius 1 is 0.607 bits per heavy atom. The van der Waals surface area contributed by atoms with Gasteiger partial charge in [0.2, 0.25) is 0 Å². The SMILES string of the molecule is COc1cc(/C=C/c2ccccc2-c2ccc3ccccc3c2)cc(OC)c1. The monoisotopic (exact) mass is 366 g/mol. The molecule has 0 bridgehead atoms. The molecule has 4 rings (SSSR count). The van der Waals surface area contributed by atoms with Crippen molar-refractivity contribution >= 4 is 22.9 Å². The summed E-state index contributed by atoms with van der Waals surface area (Å²) in [6, 6.07) is 29.4. The van der Waals surface area contributed by atoms with Gasteiger partial charge in [0.25, 0.3) is 0 Å². The minimum Gasteiger partial charge on any atom is -0.497 e. The van der Waals surface area contributed by atoms with Crippen LogP contribution in [-0.2, 0) is 0 Å². The van der Waals surface area contributed by atoms with Crippen LogP contribution in [0.15, 0.2) is 84.9 Å². The lowest BCUT2D eigenvalue weighted by atomic mass is 9.96. The molecule has 0 aromatic heterocycles. The van der Waals surface area contributed by atoms with Gasteiger partial charge in [0.1, 0.15) is 11.5 Å². The first-order valence-electron chi connectivity index (χ1n) is 9.26. The minimum absolute atomic E-state index is 0.779. The molecule has 0 aliphatic heterocycles. The van der Waals surface area contributed by atoms with Crippen LogP contribution in [0.1, 0.15) is 11.1 Å². The average molecular weight is 366 g/mol. The normalized spacial score (nSPS) is 11.1. The fraction of sp³-hybridized carbons (Fsp3) is 0.0769. The van der Waals surface area contributed by atoms with Crippen molar-refractivity contribution < 1.29 is 9.47 Å². The molecule has 2 nitrogen and oxygen atoms in total. The first kappa shape index (κ1) is 17.9. The molecule has 4 aromatic carbocycles. The lowest BCUT2D eigenvalue weighted by molar-refractivity contribution is 0.394. The van der Waals surface area contributed by atoms with E-state index in [1.54, 1.807) is 14.2 Å². The molecule has 0 heterocycles. The number of methoxy groups -OCH3 is 2. The Labute approximate surface area is 165 Å². The van der Waals surface area contributed by atoms with Crippen molar-refractivity contribution in [3.63, 3.8) is 0 Å².